The Morgan fingerprint density at radius 1 is 1.10 bits per heavy atom. The van der Waals surface area contributed by atoms with E-state index in [1.54, 1.807) is 26.4 Å². The van der Waals surface area contributed by atoms with Crippen molar-refractivity contribution in [2.45, 2.75) is 12.8 Å². The molecule has 0 aliphatic carbocycles. The van der Waals surface area contributed by atoms with Gasteiger partial charge in [-0.05, 0) is 25.0 Å². The Morgan fingerprint density at radius 2 is 1.80 bits per heavy atom. The predicted octanol–water partition coefficient (Wildman–Crippen LogP) is 0.691. The van der Waals surface area contributed by atoms with Crippen LogP contribution < -0.4 is 10.6 Å². The predicted molar refractivity (Wildman–Crippen MR) is 75.8 cm³/mol. The molecule has 1 aromatic heterocycles. The van der Waals surface area contributed by atoms with Crippen LogP contribution in [0.25, 0.3) is 0 Å². The van der Waals surface area contributed by atoms with Gasteiger partial charge >= 0.3 is 0 Å². The lowest BCUT2D eigenvalue weighted by Gasteiger charge is -2.06. The number of ether oxygens (including phenoxy) is 2. The molecule has 0 unspecified atom stereocenters. The zero-order valence-corrected chi connectivity index (χ0v) is 12.0. The van der Waals surface area contributed by atoms with Crippen molar-refractivity contribution in [3.05, 3.63) is 17.8 Å². The van der Waals surface area contributed by atoms with Gasteiger partial charge in [-0.3, -0.25) is 4.79 Å². The van der Waals surface area contributed by atoms with Crippen LogP contribution in [-0.2, 0) is 9.47 Å². The van der Waals surface area contributed by atoms with E-state index in [4.69, 9.17) is 9.47 Å². The minimum absolute atomic E-state index is 0.223. The SMILES string of the molecule is COCCCNC(=O)c1ccc(NCCCOC)nn1. The minimum Gasteiger partial charge on any atom is -0.385 e. The van der Waals surface area contributed by atoms with Crippen molar-refractivity contribution in [2.24, 2.45) is 0 Å². The number of carbonyl (C=O) groups is 1. The summed E-state index contributed by atoms with van der Waals surface area (Å²) in [5, 5.41) is 13.7. The number of hydrogen-bond donors (Lipinski definition) is 2. The summed E-state index contributed by atoms with van der Waals surface area (Å²) in [6, 6.07) is 3.39. The molecular formula is C13H22N4O3. The summed E-state index contributed by atoms with van der Waals surface area (Å²) >= 11 is 0. The molecule has 1 aromatic rings. The van der Waals surface area contributed by atoms with Gasteiger partial charge in [0, 0.05) is 40.5 Å². The molecule has 7 nitrogen and oxygen atoms in total. The van der Waals surface area contributed by atoms with Crippen LogP contribution in [0.5, 0.6) is 0 Å². The Bertz CT molecular complexity index is 384. The van der Waals surface area contributed by atoms with Gasteiger partial charge in [0.25, 0.3) is 5.91 Å². The van der Waals surface area contributed by atoms with Crippen molar-refractivity contribution in [3.8, 4) is 0 Å². The standard InChI is InChI=1S/C13H22N4O3/c1-19-9-3-7-14-12-6-5-11(16-17-12)13(18)15-8-4-10-20-2/h5-6H,3-4,7-10H2,1-2H3,(H,14,17)(H,15,18). The molecule has 20 heavy (non-hydrogen) atoms. The van der Waals surface area contributed by atoms with E-state index < -0.39 is 0 Å². The average molecular weight is 282 g/mol. The minimum atomic E-state index is -0.223. The first-order valence-corrected chi connectivity index (χ1v) is 6.61. The molecule has 2 N–H and O–H groups in total. The van der Waals surface area contributed by atoms with Gasteiger partial charge in [0.15, 0.2) is 5.69 Å². The van der Waals surface area contributed by atoms with Crippen LogP contribution in [0.3, 0.4) is 0 Å². The Kier molecular flexibility index (Phi) is 8.25. The molecule has 0 saturated carbocycles. The summed E-state index contributed by atoms with van der Waals surface area (Å²) in [6.45, 7) is 2.63. The first-order chi connectivity index (χ1) is 9.77. The Balaban J connectivity index is 2.31. The number of aromatic nitrogens is 2. The van der Waals surface area contributed by atoms with E-state index in [9.17, 15) is 4.79 Å². The average Bonchev–Trinajstić information content (AvgIpc) is 2.48. The van der Waals surface area contributed by atoms with Gasteiger partial charge in [-0.2, -0.15) is 0 Å². The fourth-order valence-corrected chi connectivity index (χ4v) is 1.49. The van der Waals surface area contributed by atoms with Crippen molar-refractivity contribution in [3.63, 3.8) is 0 Å². The van der Waals surface area contributed by atoms with Crippen LogP contribution in [0.15, 0.2) is 12.1 Å². The maximum absolute atomic E-state index is 11.7. The van der Waals surface area contributed by atoms with Crippen LogP contribution >= 0.6 is 0 Å². The molecule has 1 rings (SSSR count). The van der Waals surface area contributed by atoms with Gasteiger partial charge in [0.2, 0.25) is 0 Å². The molecule has 0 aromatic carbocycles. The van der Waals surface area contributed by atoms with E-state index in [0.717, 1.165) is 19.4 Å². The molecule has 0 bridgehead atoms. The first-order valence-electron chi connectivity index (χ1n) is 6.61. The van der Waals surface area contributed by atoms with Gasteiger partial charge in [-0.25, -0.2) is 0 Å². The molecule has 0 radical (unpaired) electrons. The molecule has 112 valence electrons. The number of anilines is 1. The van der Waals surface area contributed by atoms with E-state index in [1.165, 1.54) is 0 Å². The van der Waals surface area contributed by atoms with Crippen LogP contribution in [0.1, 0.15) is 23.3 Å². The van der Waals surface area contributed by atoms with Gasteiger partial charge < -0.3 is 20.1 Å². The summed E-state index contributed by atoms with van der Waals surface area (Å²) in [5.41, 5.74) is 0.310. The summed E-state index contributed by atoms with van der Waals surface area (Å²) in [5.74, 6) is 0.427. The number of hydrogen-bond acceptors (Lipinski definition) is 6. The molecule has 0 atom stereocenters. The number of methoxy groups -OCH3 is 2. The van der Waals surface area contributed by atoms with Gasteiger partial charge in [-0.1, -0.05) is 0 Å². The summed E-state index contributed by atoms with van der Waals surface area (Å²) < 4.78 is 9.85. The zero-order chi connectivity index (χ0) is 14.6. The van der Waals surface area contributed by atoms with E-state index in [2.05, 4.69) is 20.8 Å². The van der Waals surface area contributed by atoms with E-state index >= 15 is 0 Å². The van der Waals surface area contributed by atoms with Gasteiger partial charge in [0.1, 0.15) is 5.82 Å². The van der Waals surface area contributed by atoms with Crippen molar-refractivity contribution < 1.29 is 14.3 Å². The lowest BCUT2D eigenvalue weighted by molar-refractivity contribution is 0.0942. The van der Waals surface area contributed by atoms with E-state index in [0.29, 0.717) is 31.3 Å². The van der Waals surface area contributed by atoms with Crippen LogP contribution in [0.2, 0.25) is 0 Å². The summed E-state index contributed by atoms with van der Waals surface area (Å²) in [4.78, 5) is 11.7. The molecule has 1 amide bonds. The second-order valence-electron chi connectivity index (χ2n) is 4.18. The number of nitrogens with zero attached hydrogens (tertiary/aromatic N) is 2. The highest BCUT2D eigenvalue weighted by atomic mass is 16.5. The van der Waals surface area contributed by atoms with Crippen molar-refractivity contribution >= 4 is 11.7 Å². The number of rotatable bonds is 10. The first kappa shape index (κ1) is 16.3. The molecule has 0 aliphatic rings. The largest absolute Gasteiger partial charge is 0.385 e. The molecular weight excluding hydrogens is 260 g/mol. The highest BCUT2D eigenvalue weighted by Gasteiger charge is 2.07. The summed E-state index contributed by atoms with van der Waals surface area (Å²) in [6.07, 6.45) is 1.66. The Morgan fingerprint density at radius 3 is 2.40 bits per heavy atom. The second kappa shape index (κ2) is 10.1. The third-order valence-electron chi connectivity index (χ3n) is 2.54. The fraction of sp³-hybridized carbons (Fsp3) is 0.615. The van der Waals surface area contributed by atoms with E-state index in [1.807, 2.05) is 0 Å². The molecule has 0 aliphatic heterocycles. The highest BCUT2D eigenvalue weighted by Crippen LogP contribution is 2.02. The maximum atomic E-state index is 11.7. The van der Waals surface area contributed by atoms with Crippen molar-refractivity contribution in [1.82, 2.24) is 15.5 Å². The van der Waals surface area contributed by atoms with Crippen LogP contribution in [0, 0.1) is 0 Å². The summed E-state index contributed by atoms with van der Waals surface area (Å²) in [7, 11) is 3.30. The highest BCUT2D eigenvalue weighted by molar-refractivity contribution is 5.92. The topological polar surface area (TPSA) is 85.4 Å². The lowest BCUT2D eigenvalue weighted by Crippen LogP contribution is -2.26. The zero-order valence-electron chi connectivity index (χ0n) is 12.0. The Hall–Kier alpha value is -1.73. The van der Waals surface area contributed by atoms with Crippen molar-refractivity contribution in [2.75, 3.05) is 45.8 Å². The molecule has 1 heterocycles. The Labute approximate surface area is 119 Å². The number of nitrogens with one attached hydrogen (secondary N) is 2. The van der Waals surface area contributed by atoms with Gasteiger partial charge in [-0.15, -0.1) is 10.2 Å². The fourth-order valence-electron chi connectivity index (χ4n) is 1.49. The number of amides is 1. The normalized spacial score (nSPS) is 10.3. The third-order valence-corrected chi connectivity index (χ3v) is 2.54. The van der Waals surface area contributed by atoms with Crippen LogP contribution in [-0.4, -0.2) is 56.6 Å². The molecule has 0 spiro atoms. The molecule has 7 heteroatoms. The second-order valence-corrected chi connectivity index (χ2v) is 4.18. The lowest BCUT2D eigenvalue weighted by atomic mass is 10.3. The smallest absolute Gasteiger partial charge is 0.271 e. The van der Waals surface area contributed by atoms with Crippen LogP contribution in [0.4, 0.5) is 5.82 Å². The van der Waals surface area contributed by atoms with Crippen molar-refractivity contribution in [1.29, 1.82) is 0 Å². The quantitative estimate of drug-likeness (QED) is 0.614. The maximum Gasteiger partial charge on any atom is 0.271 e. The third kappa shape index (κ3) is 6.44. The van der Waals surface area contributed by atoms with E-state index in [-0.39, 0.29) is 5.91 Å². The van der Waals surface area contributed by atoms with Gasteiger partial charge in [0.05, 0.1) is 0 Å². The molecule has 0 fully saturated rings. The molecule has 0 saturated heterocycles. The number of carbonyl (C=O) groups excluding carboxylic acids is 1. The monoisotopic (exact) mass is 282 g/mol.